The zero-order valence-corrected chi connectivity index (χ0v) is 14.2. The summed E-state index contributed by atoms with van der Waals surface area (Å²) in [6.45, 7) is 7.29. The molecular weight excluding hydrogens is 307 g/mol. The Morgan fingerprint density at radius 1 is 1.25 bits per heavy atom. The zero-order valence-electron chi connectivity index (χ0n) is 14.2. The number of hydrogen-bond acceptors (Lipinski definition) is 3. The first-order chi connectivity index (χ1) is 11.6. The number of morpholine rings is 1. The average Bonchev–Trinajstić information content (AvgIpc) is 3.32. The van der Waals surface area contributed by atoms with E-state index in [0.29, 0.717) is 12.0 Å². The summed E-state index contributed by atoms with van der Waals surface area (Å²) in [5.74, 6) is 0.402. The standard InChI is InChI=1S/C19H25FN2O2/c1-14-12-22(13-17(14)21-7-9-24-10-8-21)18(23)19(5-6-19)15-3-2-4-16(20)11-15/h2-4,11,14,17H,5-10,12-13H2,1H3/t14-,17-/m1/s1. The number of carbonyl (C=O) groups is 1. The van der Waals surface area contributed by atoms with Gasteiger partial charge in [-0.3, -0.25) is 9.69 Å². The summed E-state index contributed by atoms with van der Waals surface area (Å²) >= 11 is 0. The Hall–Kier alpha value is -1.46. The number of halogens is 1. The van der Waals surface area contributed by atoms with Gasteiger partial charge in [-0.15, -0.1) is 0 Å². The molecule has 2 heterocycles. The first-order valence-corrected chi connectivity index (χ1v) is 8.97. The molecule has 0 bridgehead atoms. The van der Waals surface area contributed by atoms with Gasteiger partial charge in [-0.05, 0) is 36.5 Å². The van der Waals surface area contributed by atoms with Crippen LogP contribution in [0.15, 0.2) is 24.3 Å². The normalized spacial score (nSPS) is 29.7. The molecule has 24 heavy (non-hydrogen) atoms. The van der Waals surface area contributed by atoms with E-state index in [1.54, 1.807) is 6.07 Å². The summed E-state index contributed by atoms with van der Waals surface area (Å²) in [5, 5.41) is 0. The highest BCUT2D eigenvalue weighted by molar-refractivity contribution is 5.91. The van der Waals surface area contributed by atoms with Crippen molar-refractivity contribution < 1.29 is 13.9 Å². The van der Waals surface area contributed by atoms with Crippen LogP contribution in [-0.2, 0) is 14.9 Å². The predicted molar refractivity (Wildman–Crippen MR) is 89.2 cm³/mol. The van der Waals surface area contributed by atoms with Crippen LogP contribution in [0.1, 0.15) is 25.3 Å². The SMILES string of the molecule is C[C@@H]1CN(C(=O)C2(c3cccc(F)c3)CC2)C[C@H]1N1CCOCC1. The molecule has 4 nitrogen and oxygen atoms in total. The third-order valence-corrected chi connectivity index (χ3v) is 5.91. The van der Waals surface area contributed by atoms with E-state index < -0.39 is 5.41 Å². The van der Waals surface area contributed by atoms with Crippen LogP contribution in [0.4, 0.5) is 4.39 Å². The fourth-order valence-electron chi connectivity index (χ4n) is 4.34. The number of amides is 1. The molecule has 0 radical (unpaired) electrons. The summed E-state index contributed by atoms with van der Waals surface area (Å²) in [7, 11) is 0. The molecule has 1 aliphatic carbocycles. The molecule has 0 unspecified atom stereocenters. The van der Waals surface area contributed by atoms with Crippen molar-refractivity contribution in [1.29, 1.82) is 0 Å². The van der Waals surface area contributed by atoms with E-state index in [1.165, 1.54) is 12.1 Å². The molecule has 1 amide bonds. The van der Waals surface area contributed by atoms with Crippen LogP contribution in [0.3, 0.4) is 0 Å². The molecule has 2 atom stereocenters. The lowest BCUT2D eigenvalue weighted by atomic mass is 9.94. The Morgan fingerprint density at radius 3 is 2.67 bits per heavy atom. The summed E-state index contributed by atoms with van der Waals surface area (Å²) < 4.78 is 19.0. The fraction of sp³-hybridized carbons (Fsp3) is 0.632. The molecule has 0 spiro atoms. The van der Waals surface area contributed by atoms with Gasteiger partial charge < -0.3 is 9.64 Å². The molecule has 0 aromatic heterocycles. The molecule has 5 heteroatoms. The van der Waals surface area contributed by atoms with Gasteiger partial charge in [-0.1, -0.05) is 19.1 Å². The molecule has 1 saturated carbocycles. The molecule has 2 saturated heterocycles. The van der Waals surface area contributed by atoms with Gasteiger partial charge in [0, 0.05) is 32.2 Å². The van der Waals surface area contributed by atoms with E-state index >= 15 is 0 Å². The van der Waals surface area contributed by atoms with E-state index in [0.717, 1.165) is 57.8 Å². The third kappa shape index (κ3) is 2.74. The summed E-state index contributed by atoms with van der Waals surface area (Å²) in [6.07, 6.45) is 1.67. The van der Waals surface area contributed by atoms with E-state index in [9.17, 15) is 9.18 Å². The minimum atomic E-state index is -0.471. The van der Waals surface area contributed by atoms with E-state index in [1.807, 2.05) is 11.0 Å². The minimum absolute atomic E-state index is 0.190. The number of nitrogens with zero attached hydrogens (tertiary/aromatic N) is 2. The second-order valence-electron chi connectivity index (χ2n) is 7.50. The second-order valence-corrected chi connectivity index (χ2v) is 7.50. The average molecular weight is 332 g/mol. The molecule has 4 rings (SSSR count). The Labute approximate surface area is 142 Å². The van der Waals surface area contributed by atoms with Crippen LogP contribution in [0.5, 0.6) is 0 Å². The number of benzene rings is 1. The number of ether oxygens (including phenoxy) is 1. The van der Waals surface area contributed by atoms with Crippen LogP contribution in [0.25, 0.3) is 0 Å². The topological polar surface area (TPSA) is 32.8 Å². The largest absolute Gasteiger partial charge is 0.379 e. The molecular formula is C19H25FN2O2. The lowest BCUT2D eigenvalue weighted by molar-refractivity contribution is -0.133. The van der Waals surface area contributed by atoms with Gasteiger partial charge in [-0.25, -0.2) is 4.39 Å². The van der Waals surface area contributed by atoms with Gasteiger partial charge in [-0.2, -0.15) is 0 Å². The highest BCUT2D eigenvalue weighted by atomic mass is 19.1. The molecule has 2 aliphatic heterocycles. The molecule has 1 aromatic carbocycles. The zero-order chi connectivity index (χ0) is 16.7. The number of rotatable bonds is 3. The molecule has 130 valence electrons. The van der Waals surface area contributed by atoms with Crippen LogP contribution in [-0.4, -0.2) is 61.1 Å². The van der Waals surface area contributed by atoms with Gasteiger partial charge in [0.1, 0.15) is 5.82 Å². The molecule has 3 fully saturated rings. The monoisotopic (exact) mass is 332 g/mol. The highest BCUT2D eigenvalue weighted by Gasteiger charge is 2.54. The van der Waals surface area contributed by atoms with Crippen molar-refractivity contribution in [2.45, 2.75) is 31.2 Å². The lowest BCUT2D eigenvalue weighted by Gasteiger charge is -2.34. The highest BCUT2D eigenvalue weighted by Crippen LogP contribution is 2.50. The van der Waals surface area contributed by atoms with E-state index in [2.05, 4.69) is 11.8 Å². The van der Waals surface area contributed by atoms with Gasteiger partial charge in [0.2, 0.25) is 5.91 Å². The first-order valence-electron chi connectivity index (χ1n) is 8.97. The van der Waals surface area contributed by atoms with Crippen molar-refractivity contribution >= 4 is 5.91 Å². The van der Waals surface area contributed by atoms with E-state index in [4.69, 9.17) is 4.74 Å². The van der Waals surface area contributed by atoms with Gasteiger partial charge in [0.05, 0.1) is 18.6 Å². The van der Waals surface area contributed by atoms with Crippen molar-refractivity contribution in [1.82, 2.24) is 9.80 Å². The van der Waals surface area contributed by atoms with Crippen LogP contribution in [0, 0.1) is 11.7 Å². The van der Waals surface area contributed by atoms with Crippen molar-refractivity contribution in [2.24, 2.45) is 5.92 Å². The van der Waals surface area contributed by atoms with Gasteiger partial charge in [0.15, 0.2) is 0 Å². The third-order valence-electron chi connectivity index (χ3n) is 5.91. The van der Waals surface area contributed by atoms with Crippen molar-refractivity contribution in [3.05, 3.63) is 35.6 Å². The predicted octanol–water partition coefficient (Wildman–Crippen LogP) is 2.04. The van der Waals surface area contributed by atoms with Crippen LogP contribution >= 0.6 is 0 Å². The van der Waals surface area contributed by atoms with Crippen LogP contribution in [0.2, 0.25) is 0 Å². The molecule has 3 aliphatic rings. The Morgan fingerprint density at radius 2 is 2.00 bits per heavy atom. The van der Waals surface area contributed by atoms with Crippen LogP contribution < -0.4 is 0 Å². The maximum Gasteiger partial charge on any atom is 0.233 e. The Kier molecular flexibility index (Phi) is 4.09. The van der Waals surface area contributed by atoms with Crippen molar-refractivity contribution in [3.63, 3.8) is 0 Å². The quantitative estimate of drug-likeness (QED) is 0.849. The maximum absolute atomic E-state index is 13.6. The van der Waals surface area contributed by atoms with Gasteiger partial charge >= 0.3 is 0 Å². The van der Waals surface area contributed by atoms with Crippen molar-refractivity contribution in [2.75, 3.05) is 39.4 Å². The fourth-order valence-corrected chi connectivity index (χ4v) is 4.34. The van der Waals surface area contributed by atoms with E-state index in [-0.39, 0.29) is 11.7 Å². The number of carbonyl (C=O) groups excluding carboxylic acids is 1. The smallest absolute Gasteiger partial charge is 0.233 e. The maximum atomic E-state index is 13.6. The summed E-state index contributed by atoms with van der Waals surface area (Å²) in [4.78, 5) is 17.7. The molecule has 0 N–H and O–H groups in total. The Bertz CT molecular complexity index is 626. The number of hydrogen-bond donors (Lipinski definition) is 0. The first kappa shape index (κ1) is 16.0. The minimum Gasteiger partial charge on any atom is -0.379 e. The lowest BCUT2D eigenvalue weighted by Crippen LogP contribution is -2.47. The Balaban J connectivity index is 1.49. The van der Waals surface area contributed by atoms with Gasteiger partial charge in [0.25, 0.3) is 0 Å². The number of likely N-dealkylation sites (tertiary alicyclic amines) is 1. The van der Waals surface area contributed by atoms with Crippen molar-refractivity contribution in [3.8, 4) is 0 Å². The second kappa shape index (κ2) is 6.12. The molecule has 1 aromatic rings. The summed E-state index contributed by atoms with van der Waals surface area (Å²) in [6, 6.07) is 7.00. The summed E-state index contributed by atoms with van der Waals surface area (Å²) in [5.41, 5.74) is 0.372.